The number of ether oxygens (including phenoxy) is 2. The highest BCUT2D eigenvalue weighted by atomic mass is 127. The van der Waals surface area contributed by atoms with Crippen LogP contribution in [0.3, 0.4) is 0 Å². The summed E-state index contributed by atoms with van der Waals surface area (Å²) < 4.78 is 39.7. The molecule has 8 atom stereocenters. The molecule has 0 spiro atoms. The van der Waals surface area contributed by atoms with Crippen LogP contribution in [0.5, 0.6) is 0 Å². The zero-order valence-corrected chi connectivity index (χ0v) is 18.9. The third-order valence-corrected chi connectivity index (χ3v) is 7.26. The average molecular weight is 514 g/mol. The fraction of sp³-hybridized carbons (Fsp3) is 0.857. The van der Waals surface area contributed by atoms with E-state index in [1.807, 2.05) is 6.92 Å². The quantitative estimate of drug-likeness (QED) is 0.188. The Hall–Kier alpha value is -0.280. The number of alkyl halides is 3. The van der Waals surface area contributed by atoms with Gasteiger partial charge in [0, 0.05) is 16.3 Å². The number of rotatable bonds is 11. The van der Waals surface area contributed by atoms with E-state index >= 15 is 4.39 Å². The number of carbonyl (C=O) groups is 1. The molecule has 3 unspecified atom stereocenters. The van der Waals surface area contributed by atoms with Gasteiger partial charge < -0.3 is 14.6 Å². The Morgan fingerprint density at radius 1 is 1.36 bits per heavy atom. The molecular weight excluding hydrogens is 481 g/mol. The number of esters is 1. The first-order valence-corrected chi connectivity index (χ1v) is 11.6. The van der Waals surface area contributed by atoms with Gasteiger partial charge in [0.25, 0.3) is 0 Å². The summed E-state index contributed by atoms with van der Waals surface area (Å²) in [5.41, 5.74) is 0. The third kappa shape index (κ3) is 6.36. The van der Waals surface area contributed by atoms with E-state index < -0.39 is 24.6 Å². The maximum atomic E-state index is 15.2. The molecule has 2 rings (SSSR count). The van der Waals surface area contributed by atoms with Gasteiger partial charge in [0.05, 0.1) is 13.2 Å². The zero-order chi connectivity index (χ0) is 20.7. The van der Waals surface area contributed by atoms with E-state index in [4.69, 9.17) is 4.74 Å². The fourth-order valence-electron chi connectivity index (χ4n) is 4.28. The average Bonchev–Trinajstić information content (AvgIpc) is 3.24. The maximum Gasteiger partial charge on any atom is 0.305 e. The van der Waals surface area contributed by atoms with E-state index in [1.165, 1.54) is 13.2 Å². The van der Waals surface area contributed by atoms with Crippen molar-refractivity contribution in [2.45, 2.75) is 92.9 Å². The van der Waals surface area contributed by atoms with Crippen molar-refractivity contribution in [2.75, 3.05) is 7.11 Å². The van der Waals surface area contributed by atoms with Crippen LogP contribution in [0.4, 0.5) is 8.78 Å². The van der Waals surface area contributed by atoms with Crippen molar-refractivity contribution in [3.05, 3.63) is 12.2 Å². The van der Waals surface area contributed by atoms with Crippen molar-refractivity contribution in [3.8, 4) is 0 Å². The summed E-state index contributed by atoms with van der Waals surface area (Å²) in [5.74, 6) is -0.518. The maximum absolute atomic E-state index is 15.2. The molecule has 0 amide bonds. The molecule has 2 aliphatic rings. The van der Waals surface area contributed by atoms with Crippen LogP contribution in [-0.4, -0.2) is 52.8 Å². The van der Waals surface area contributed by atoms with Crippen molar-refractivity contribution in [1.82, 2.24) is 0 Å². The van der Waals surface area contributed by atoms with Crippen molar-refractivity contribution in [2.24, 2.45) is 11.8 Å². The Morgan fingerprint density at radius 3 is 2.79 bits per heavy atom. The number of fused-ring (bicyclic) bond motifs is 1. The third-order valence-electron chi connectivity index (χ3n) is 5.93. The Balaban J connectivity index is 1.86. The number of carbonyl (C=O) groups excluding carboxylic acids is 1. The molecule has 1 aliphatic carbocycles. The fourth-order valence-corrected chi connectivity index (χ4v) is 5.28. The van der Waals surface area contributed by atoms with Crippen LogP contribution in [-0.2, 0) is 14.3 Å². The molecule has 1 saturated carbocycles. The smallest absolute Gasteiger partial charge is 0.305 e. The molecule has 4 nitrogen and oxygen atoms in total. The van der Waals surface area contributed by atoms with Gasteiger partial charge in [-0.1, -0.05) is 54.5 Å². The lowest BCUT2D eigenvalue weighted by Crippen LogP contribution is -2.32. The van der Waals surface area contributed by atoms with Crippen LogP contribution in [0.1, 0.15) is 58.3 Å². The van der Waals surface area contributed by atoms with Gasteiger partial charge >= 0.3 is 5.97 Å². The van der Waals surface area contributed by atoms with Gasteiger partial charge in [0.1, 0.15) is 24.6 Å². The number of hydrogen-bond donors (Lipinski definition) is 1. The predicted molar refractivity (Wildman–Crippen MR) is 113 cm³/mol. The van der Waals surface area contributed by atoms with Crippen molar-refractivity contribution < 1.29 is 28.2 Å². The van der Waals surface area contributed by atoms with E-state index in [1.54, 1.807) is 6.08 Å². The van der Waals surface area contributed by atoms with Crippen LogP contribution in [0.15, 0.2) is 12.2 Å². The predicted octanol–water partition coefficient (Wildman–Crippen LogP) is 4.71. The summed E-state index contributed by atoms with van der Waals surface area (Å²) in [7, 11) is 1.36. The summed E-state index contributed by atoms with van der Waals surface area (Å²) >= 11 is 2.21. The first-order chi connectivity index (χ1) is 13.4. The van der Waals surface area contributed by atoms with Crippen LogP contribution < -0.4 is 0 Å². The molecule has 0 bridgehead atoms. The highest BCUT2D eigenvalue weighted by Crippen LogP contribution is 2.47. The second-order valence-corrected chi connectivity index (χ2v) is 9.52. The largest absolute Gasteiger partial charge is 0.469 e. The number of aliphatic hydroxyl groups excluding tert-OH is 1. The number of unbranched alkanes of at least 4 members (excludes halogenated alkanes) is 1. The summed E-state index contributed by atoms with van der Waals surface area (Å²) in [5, 5.41) is 9.99. The molecule has 0 aromatic rings. The lowest BCUT2D eigenvalue weighted by Gasteiger charge is -2.23. The minimum absolute atomic E-state index is 0.0117. The summed E-state index contributed by atoms with van der Waals surface area (Å²) in [6.07, 6.45) is 4.46. The monoisotopic (exact) mass is 514 g/mol. The molecule has 0 radical (unpaired) electrons. The molecule has 0 aromatic carbocycles. The van der Waals surface area contributed by atoms with Gasteiger partial charge in [-0.2, -0.15) is 0 Å². The van der Waals surface area contributed by atoms with Crippen LogP contribution in [0.2, 0.25) is 0 Å². The van der Waals surface area contributed by atoms with Gasteiger partial charge in [0.15, 0.2) is 0 Å². The minimum Gasteiger partial charge on any atom is -0.469 e. The molecule has 1 saturated heterocycles. The summed E-state index contributed by atoms with van der Waals surface area (Å²) in [6.45, 7) is 1.99. The van der Waals surface area contributed by atoms with Gasteiger partial charge in [-0.3, -0.25) is 4.79 Å². The molecule has 2 fully saturated rings. The number of hydrogen-bond acceptors (Lipinski definition) is 4. The van der Waals surface area contributed by atoms with Crippen LogP contribution >= 0.6 is 22.6 Å². The SMILES string of the molecule is CCCC[C@@H](F)[C@H](O)/C=C/[C@H]1CC[C@H]2OC(C(I)CCCC(=O)OC)C(F)[C@H]12. The molecule has 0 aromatic heterocycles. The number of allylic oxidation sites excluding steroid dienone is 1. The molecule has 1 heterocycles. The molecule has 162 valence electrons. The second-order valence-electron chi connectivity index (χ2n) is 7.92. The van der Waals surface area contributed by atoms with Gasteiger partial charge in [-0.05, 0) is 38.0 Å². The zero-order valence-electron chi connectivity index (χ0n) is 16.7. The normalized spacial score (nSPS) is 33.0. The van der Waals surface area contributed by atoms with Crippen LogP contribution in [0.25, 0.3) is 0 Å². The molecule has 1 aliphatic heterocycles. The Labute approximate surface area is 180 Å². The Morgan fingerprint density at radius 2 is 2.11 bits per heavy atom. The highest BCUT2D eigenvalue weighted by Gasteiger charge is 2.52. The van der Waals surface area contributed by atoms with E-state index in [2.05, 4.69) is 27.3 Å². The van der Waals surface area contributed by atoms with Gasteiger partial charge in [-0.25, -0.2) is 8.78 Å². The molecular formula is C21H33F2IO4. The first-order valence-electron chi connectivity index (χ1n) is 10.4. The van der Waals surface area contributed by atoms with Crippen molar-refractivity contribution in [1.29, 1.82) is 0 Å². The highest BCUT2D eigenvalue weighted by molar-refractivity contribution is 14.1. The lowest BCUT2D eigenvalue weighted by atomic mass is 9.88. The van der Waals surface area contributed by atoms with Crippen molar-refractivity contribution >= 4 is 28.6 Å². The lowest BCUT2D eigenvalue weighted by molar-refractivity contribution is -0.140. The van der Waals surface area contributed by atoms with E-state index in [0.717, 1.165) is 25.7 Å². The van der Waals surface area contributed by atoms with Crippen molar-refractivity contribution in [3.63, 3.8) is 0 Å². The molecule has 7 heteroatoms. The second kappa shape index (κ2) is 11.8. The molecule has 1 N–H and O–H groups in total. The van der Waals surface area contributed by atoms with E-state index in [0.29, 0.717) is 25.7 Å². The molecule has 28 heavy (non-hydrogen) atoms. The number of methoxy groups -OCH3 is 1. The van der Waals surface area contributed by atoms with E-state index in [-0.39, 0.29) is 27.8 Å². The first kappa shape index (κ1) is 24.0. The Kier molecular flexibility index (Phi) is 10.1. The number of halogens is 3. The topological polar surface area (TPSA) is 55.8 Å². The van der Waals surface area contributed by atoms with Crippen LogP contribution in [0, 0.1) is 11.8 Å². The van der Waals surface area contributed by atoms with Gasteiger partial charge in [-0.15, -0.1) is 0 Å². The van der Waals surface area contributed by atoms with E-state index in [9.17, 15) is 14.3 Å². The van der Waals surface area contributed by atoms with Gasteiger partial charge in [0.2, 0.25) is 0 Å². The standard InChI is InChI=1S/C21H33F2IO4/c1-3-4-6-14(22)16(25)11-9-13-10-12-17-19(13)20(23)21(28-17)15(24)7-5-8-18(26)27-2/h9,11,13-17,19-21,25H,3-8,10,12H2,1-2H3/b11-9+/t13-,14+,15?,16+,17+,19+,20?,21?/m0/s1. The number of aliphatic hydroxyl groups is 1. The summed E-state index contributed by atoms with van der Waals surface area (Å²) in [6, 6.07) is 0. The summed E-state index contributed by atoms with van der Waals surface area (Å²) in [4.78, 5) is 11.2. The Bertz CT molecular complexity index is 519. The minimum atomic E-state index is -1.27.